The normalized spacial score (nSPS) is 14.5. The Morgan fingerprint density at radius 2 is 1.38 bits per heavy atom. The summed E-state index contributed by atoms with van der Waals surface area (Å²) in [4.78, 5) is 21.0. The van der Waals surface area contributed by atoms with Crippen molar-refractivity contribution in [2.24, 2.45) is 0 Å². The SMILES string of the molecule is CN(C)c1ccc(C(=O)N(C)c2ccc(N3CCN(C([S-])[S-])CC3)cc2)cc1.[Au]. The molecule has 29 heavy (non-hydrogen) atoms. The van der Waals surface area contributed by atoms with Gasteiger partial charge in [0.2, 0.25) is 0 Å². The van der Waals surface area contributed by atoms with E-state index in [-0.39, 0.29) is 33.0 Å². The molecule has 0 unspecified atom stereocenters. The Labute approximate surface area is 200 Å². The monoisotopic (exact) mass is 611 g/mol. The van der Waals surface area contributed by atoms with Gasteiger partial charge in [0.15, 0.2) is 0 Å². The van der Waals surface area contributed by atoms with E-state index in [1.807, 2.05) is 62.4 Å². The molecule has 161 valence electrons. The van der Waals surface area contributed by atoms with E-state index in [1.54, 1.807) is 4.90 Å². The van der Waals surface area contributed by atoms with Crippen LogP contribution in [-0.4, -0.2) is 62.8 Å². The first kappa shape index (κ1) is 24.2. The van der Waals surface area contributed by atoms with Crippen molar-refractivity contribution in [2.75, 3.05) is 62.0 Å². The first-order valence-corrected chi connectivity index (χ1v) is 10.3. The number of carbonyl (C=O) groups is 1. The molecule has 5 nitrogen and oxygen atoms in total. The number of hydrogen-bond donors (Lipinski definition) is 0. The second-order valence-corrected chi connectivity index (χ2v) is 8.34. The molecule has 3 rings (SSSR count). The number of hydrogen-bond acceptors (Lipinski definition) is 6. The van der Waals surface area contributed by atoms with E-state index in [1.165, 1.54) is 0 Å². The van der Waals surface area contributed by atoms with Crippen molar-refractivity contribution in [2.45, 2.75) is 4.71 Å². The molecule has 1 aliphatic rings. The third kappa shape index (κ3) is 5.96. The predicted molar refractivity (Wildman–Crippen MR) is 122 cm³/mol. The average Bonchev–Trinajstić information content (AvgIpc) is 2.73. The summed E-state index contributed by atoms with van der Waals surface area (Å²) in [5.41, 5.74) is 3.78. The zero-order valence-corrected chi connectivity index (χ0v) is 20.6. The predicted octanol–water partition coefficient (Wildman–Crippen LogP) is 2.53. The number of piperazine rings is 1. The van der Waals surface area contributed by atoms with E-state index < -0.39 is 0 Å². The van der Waals surface area contributed by atoms with Crippen LogP contribution in [0.3, 0.4) is 0 Å². The quantitative estimate of drug-likeness (QED) is 0.382. The summed E-state index contributed by atoms with van der Waals surface area (Å²) in [6.07, 6.45) is 0. The van der Waals surface area contributed by atoms with Crippen molar-refractivity contribution in [3.8, 4) is 0 Å². The van der Waals surface area contributed by atoms with Crippen molar-refractivity contribution in [1.29, 1.82) is 0 Å². The summed E-state index contributed by atoms with van der Waals surface area (Å²) in [6, 6.07) is 15.8. The van der Waals surface area contributed by atoms with Gasteiger partial charge in [-0.05, 0) is 48.5 Å². The Morgan fingerprint density at radius 1 is 0.862 bits per heavy atom. The summed E-state index contributed by atoms with van der Waals surface area (Å²) in [5.74, 6) is -0.0198. The average molecular weight is 612 g/mol. The third-order valence-electron chi connectivity index (χ3n) is 5.15. The fourth-order valence-corrected chi connectivity index (χ4v) is 3.71. The van der Waals surface area contributed by atoms with E-state index in [0.717, 1.165) is 43.2 Å². The molecule has 2 aromatic carbocycles. The van der Waals surface area contributed by atoms with Crippen LogP contribution in [0, 0.1) is 0 Å². The van der Waals surface area contributed by atoms with Crippen LogP contribution in [0.1, 0.15) is 10.4 Å². The van der Waals surface area contributed by atoms with Gasteiger partial charge in [-0.2, -0.15) is 0 Å². The van der Waals surface area contributed by atoms with Gasteiger partial charge in [-0.25, -0.2) is 4.71 Å². The fraction of sp³-hybridized carbons (Fsp3) is 0.381. The molecular weight excluding hydrogens is 585 g/mol. The van der Waals surface area contributed by atoms with Crippen LogP contribution in [0.5, 0.6) is 0 Å². The molecule has 1 aliphatic heterocycles. The smallest absolute Gasteiger partial charge is 0.258 e. The zero-order chi connectivity index (χ0) is 20.3. The van der Waals surface area contributed by atoms with E-state index in [2.05, 4.69) is 21.9 Å². The van der Waals surface area contributed by atoms with Crippen molar-refractivity contribution in [1.82, 2.24) is 4.90 Å². The molecule has 0 spiro atoms. The molecule has 0 aromatic heterocycles. The number of nitrogens with zero attached hydrogens (tertiary/aromatic N) is 4. The molecule has 2 aromatic rings. The molecule has 0 atom stereocenters. The Hall–Kier alpha value is -1.09. The van der Waals surface area contributed by atoms with Gasteiger partial charge in [-0.1, -0.05) is 0 Å². The maximum Gasteiger partial charge on any atom is 0.258 e. The van der Waals surface area contributed by atoms with Crippen LogP contribution >= 0.6 is 0 Å². The van der Waals surface area contributed by atoms with E-state index >= 15 is 0 Å². The fourth-order valence-electron chi connectivity index (χ4n) is 3.29. The Kier molecular flexibility index (Phi) is 9.00. The summed E-state index contributed by atoms with van der Waals surface area (Å²) in [5, 5.41) is 0. The molecule has 1 saturated heterocycles. The van der Waals surface area contributed by atoms with E-state index in [9.17, 15) is 4.79 Å². The summed E-state index contributed by atoms with van der Waals surface area (Å²) >= 11 is 10.3. The number of amides is 1. The minimum atomic E-state index is -0.226. The van der Waals surface area contributed by atoms with Crippen LogP contribution in [0.15, 0.2) is 48.5 Å². The molecule has 0 saturated carbocycles. The van der Waals surface area contributed by atoms with Crippen molar-refractivity contribution in [3.63, 3.8) is 0 Å². The number of anilines is 3. The Bertz CT molecular complexity index is 791. The molecule has 0 N–H and O–H groups in total. The Balaban J connectivity index is 0.00000300. The first-order chi connectivity index (χ1) is 13.4. The van der Waals surface area contributed by atoms with Crippen molar-refractivity contribution < 1.29 is 27.2 Å². The van der Waals surface area contributed by atoms with Crippen LogP contribution in [-0.2, 0) is 47.6 Å². The molecule has 0 aliphatic carbocycles. The Morgan fingerprint density at radius 3 is 1.86 bits per heavy atom. The second kappa shape index (κ2) is 10.8. The van der Waals surface area contributed by atoms with Crippen LogP contribution < -0.4 is 14.7 Å². The van der Waals surface area contributed by atoms with Gasteiger partial charge >= 0.3 is 0 Å². The maximum atomic E-state index is 12.8. The van der Waals surface area contributed by atoms with Gasteiger partial charge in [-0.15, -0.1) is 0 Å². The molecule has 1 radical (unpaired) electrons. The van der Waals surface area contributed by atoms with Gasteiger partial charge < -0.3 is 44.9 Å². The standard InChI is InChI=1S/C21H28N4OS2.Au/c1-22(2)17-6-4-16(5-7-17)20(26)23(3)18-8-10-19(11-9-18)24-12-14-25(15-13-24)21(27)28;/h4-11,21,27-28H,12-15H2,1-3H3;/p-2. The zero-order valence-electron chi connectivity index (χ0n) is 16.8. The largest absolute Gasteiger partial charge is 0.800 e. The molecule has 1 fully saturated rings. The topological polar surface area (TPSA) is 30.0 Å². The summed E-state index contributed by atoms with van der Waals surface area (Å²) in [6.45, 7) is 3.60. The van der Waals surface area contributed by atoms with Crippen LogP contribution in [0.2, 0.25) is 0 Å². The second-order valence-electron chi connectivity index (χ2n) is 7.15. The molecule has 1 heterocycles. The summed E-state index contributed by atoms with van der Waals surface area (Å²) < 4.78 is -0.226. The molecule has 8 heteroatoms. The van der Waals surface area contributed by atoms with Gasteiger partial charge in [-0.3, -0.25) is 4.79 Å². The van der Waals surface area contributed by atoms with Crippen LogP contribution in [0.4, 0.5) is 17.1 Å². The molecular formula is C21H26AuN4OS2-2. The molecule has 0 bridgehead atoms. The number of benzene rings is 2. The maximum absolute atomic E-state index is 12.8. The molecule has 1 amide bonds. The first-order valence-electron chi connectivity index (χ1n) is 9.33. The van der Waals surface area contributed by atoms with Crippen LogP contribution in [0.25, 0.3) is 0 Å². The van der Waals surface area contributed by atoms with Gasteiger partial charge in [0.05, 0.1) is 0 Å². The number of carbonyl (C=O) groups excluding carboxylic acids is 1. The third-order valence-corrected chi connectivity index (χ3v) is 5.75. The van der Waals surface area contributed by atoms with Gasteiger partial charge in [0, 0.05) is 92.3 Å². The van der Waals surface area contributed by atoms with Gasteiger partial charge in [0.1, 0.15) is 0 Å². The minimum Gasteiger partial charge on any atom is -0.800 e. The van der Waals surface area contributed by atoms with Crippen molar-refractivity contribution in [3.05, 3.63) is 54.1 Å². The van der Waals surface area contributed by atoms with E-state index in [4.69, 9.17) is 25.3 Å². The van der Waals surface area contributed by atoms with E-state index in [0.29, 0.717) is 5.56 Å². The van der Waals surface area contributed by atoms with Crippen molar-refractivity contribution >= 4 is 48.2 Å². The summed E-state index contributed by atoms with van der Waals surface area (Å²) in [7, 11) is 5.77. The minimum absolute atomic E-state index is 0. The van der Waals surface area contributed by atoms with Gasteiger partial charge in [0.25, 0.3) is 5.91 Å². The number of rotatable bonds is 5.